The Kier molecular flexibility index (Phi) is 11.3. The zero-order chi connectivity index (χ0) is 14.1. The number of hydrazine groups is 1. The summed E-state index contributed by atoms with van der Waals surface area (Å²) in [5.74, 6) is -2.49. The molecule has 0 saturated carbocycles. The van der Waals surface area contributed by atoms with E-state index >= 15 is 0 Å². The van der Waals surface area contributed by atoms with Crippen LogP contribution in [0.2, 0.25) is 0 Å². The van der Waals surface area contributed by atoms with Crippen molar-refractivity contribution in [2.75, 3.05) is 14.1 Å². The molecule has 8 nitrogen and oxygen atoms in total. The Balaban J connectivity index is 0. The van der Waals surface area contributed by atoms with E-state index in [1.165, 1.54) is 14.1 Å². The summed E-state index contributed by atoms with van der Waals surface area (Å²) in [6.45, 7) is 0. The van der Waals surface area contributed by atoms with E-state index < -0.39 is 32.4 Å². The van der Waals surface area contributed by atoms with Crippen molar-refractivity contribution >= 4 is 119 Å². The second-order valence-electron chi connectivity index (χ2n) is 3.40. The zero-order valence-electron chi connectivity index (χ0n) is 9.58. The maximum absolute atomic E-state index is 11.7. The van der Waals surface area contributed by atoms with Crippen molar-refractivity contribution < 1.29 is 28.0 Å². The van der Waals surface area contributed by atoms with E-state index in [0.29, 0.717) is 0 Å². The van der Waals surface area contributed by atoms with Gasteiger partial charge < -0.3 is 10.2 Å². The van der Waals surface area contributed by atoms with Crippen LogP contribution in [0.5, 0.6) is 11.5 Å². The number of benzene rings is 1. The maximum atomic E-state index is 11.7. The number of hydrogen-bond donors (Lipinski definition) is 4. The molecule has 1 aromatic rings. The number of carbonyl (C=O) groups excluding carboxylic acids is 1. The predicted molar refractivity (Wildman–Crippen MR) is 75.0 cm³/mol. The number of nitrogens with one attached hydrogen (secondary N) is 1. The minimum atomic E-state index is -4.75. The van der Waals surface area contributed by atoms with Crippen molar-refractivity contribution in [3.63, 3.8) is 0 Å². The Labute approximate surface area is 201 Å². The number of nitrogens with zero attached hydrogens (tertiary/aromatic N) is 1. The van der Waals surface area contributed by atoms with Gasteiger partial charge in [-0.05, 0) is 12.1 Å². The van der Waals surface area contributed by atoms with Crippen molar-refractivity contribution in [2.24, 2.45) is 0 Å². The molecule has 0 unspecified atom stereocenters. The van der Waals surface area contributed by atoms with Crippen LogP contribution in [0.1, 0.15) is 10.4 Å². The van der Waals surface area contributed by atoms with Crippen molar-refractivity contribution in [2.45, 2.75) is 4.90 Å². The molecule has 0 aliphatic carbocycles. The van der Waals surface area contributed by atoms with Crippen LogP contribution in [-0.4, -0.2) is 151 Å². The summed E-state index contributed by atoms with van der Waals surface area (Å²) < 4.78 is 30.8. The molecule has 0 bridgehead atoms. The van der Waals surface area contributed by atoms with Gasteiger partial charge in [0.2, 0.25) is 0 Å². The van der Waals surface area contributed by atoms with Gasteiger partial charge >= 0.3 is 103 Å². The Morgan fingerprint density at radius 1 is 1.25 bits per heavy atom. The average Bonchev–Trinajstić information content (AvgIpc) is 2.28. The van der Waals surface area contributed by atoms with Crippen molar-refractivity contribution in [3.05, 3.63) is 17.7 Å². The van der Waals surface area contributed by atoms with Crippen LogP contribution >= 0.6 is 0 Å². The molecule has 0 spiro atoms. The topological polar surface area (TPSA) is 127 Å². The molecule has 0 fully saturated rings. The molecule has 1 aromatic carbocycles. The van der Waals surface area contributed by atoms with Crippen LogP contribution < -0.4 is 5.43 Å². The monoisotopic (exact) mass is 356 g/mol. The molecule has 0 aliphatic rings. The standard InChI is InChI=1S/C9H12N2O6S.2K.2H/c1-10-11(2)9(14)5-3-6(12)8(13)7(4-5)18(15,16)17;;;;/h3-4,10,12-13H,1-2H3,(H,15,16,17);;;;. The third kappa shape index (κ3) is 5.91. The molecule has 0 radical (unpaired) electrons. The van der Waals surface area contributed by atoms with Crippen LogP contribution in [0, 0.1) is 0 Å². The van der Waals surface area contributed by atoms with Crippen LogP contribution in [0.4, 0.5) is 0 Å². The fraction of sp³-hybridized carbons (Fsp3) is 0.222. The van der Waals surface area contributed by atoms with Gasteiger partial charge in [0.25, 0.3) is 16.0 Å². The summed E-state index contributed by atoms with van der Waals surface area (Å²) >= 11 is 0. The van der Waals surface area contributed by atoms with Crippen LogP contribution in [0.3, 0.4) is 0 Å². The molecular formula is C9H14K2N2O6S. The van der Waals surface area contributed by atoms with Crippen LogP contribution in [0.15, 0.2) is 17.0 Å². The molecule has 1 amide bonds. The van der Waals surface area contributed by atoms with Crippen LogP contribution in [-0.2, 0) is 10.1 Å². The SMILES string of the molecule is CNN(C)C(=O)c1cc(O)c(O)c(S(=O)(=O)O)c1.[KH].[KH]. The van der Waals surface area contributed by atoms with E-state index in [0.717, 1.165) is 17.1 Å². The summed E-state index contributed by atoms with van der Waals surface area (Å²) in [4.78, 5) is 10.8. The fourth-order valence-corrected chi connectivity index (χ4v) is 1.83. The number of hydrogen-bond acceptors (Lipinski definition) is 6. The molecule has 104 valence electrons. The summed E-state index contributed by atoms with van der Waals surface area (Å²) in [6.07, 6.45) is 0. The zero-order valence-corrected chi connectivity index (χ0v) is 10.4. The Morgan fingerprint density at radius 3 is 2.15 bits per heavy atom. The van der Waals surface area contributed by atoms with E-state index in [1.54, 1.807) is 0 Å². The van der Waals surface area contributed by atoms with Gasteiger partial charge in [-0.25, -0.2) is 5.43 Å². The molecule has 0 atom stereocenters. The average molecular weight is 356 g/mol. The molecule has 4 N–H and O–H groups in total. The Hall–Kier alpha value is 1.43. The van der Waals surface area contributed by atoms with Gasteiger partial charge in [0.1, 0.15) is 4.90 Å². The number of aromatic hydroxyl groups is 2. The molecular weight excluding hydrogens is 342 g/mol. The van der Waals surface area contributed by atoms with E-state index in [9.17, 15) is 23.4 Å². The normalized spacial score (nSPS) is 10.2. The van der Waals surface area contributed by atoms with Gasteiger partial charge in [0.15, 0.2) is 11.5 Å². The second kappa shape index (κ2) is 9.54. The summed E-state index contributed by atoms with van der Waals surface area (Å²) in [5.41, 5.74) is 2.27. The van der Waals surface area contributed by atoms with Gasteiger partial charge in [-0.2, -0.15) is 8.42 Å². The summed E-state index contributed by atoms with van der Waals surface area (Å²) in [7, 11) is -1.91. The second-order valence-corrected chi connectivity index (χ2v) is 4.79. The molecule has 0 aliphatic heterocycles. The van der Waals surface area contributed by atoms with Crippen LogP contribution in [0.25, 0.3) is 0 Å². The molecule has 20 heavy (non-hydrogen) atoms. The molecule has 0 aromatic heterocycles. The third-order valence-corrected chi connectivity index (χ3v) is 3.09. The number of carbonyl (C=O) groups is 1. The van der Waals surface area contributed by atoms with E-state index in [4.69, 9.17) is 4.55 Å². The first kappa shape index (κ1) is 23.7. The molecule has 0 saturated heterocycles. The predicted octanol–water partition coefficient (Wildman–Crippen LogP) is -1.75. The van der Waals surface area contributed by atoms with Gasteiger partial charge in [-0.15, -0.1) is 0 Å². The molecule has 11 heteroatoms. The van der Waals surface area contributed by atoms with Gasteiger partial charge in [0, 0.05) is 19.7 Å². The number of phenolic OH excluding ortho intramolecular Hbond substituents is 2. The number of phenols is 2. The van der Waals surface area contributed by atoms with Crippen molar-refractivity contribution in [1.29, 1.82) is 0 Å². The molecule has 1 rings (SSSR count). The fourth-order valence-electron chi connectivity index (χ4n) is 1.21. The van der Waals surface area contributed by atoms with Gasteiger partial charge in [0.05, 0.1) is 0 Å². The first-order valence-electron chi connectivity index (χ1n) is 4.67. The first-order valence-corrected chi connectivity index (χ1v) is 6.11. The van der Waals surface area contributed by atoms with E-state index in [-0.39, 0.29) is 108 Å². The quantitative estimate of drug-likeness (QED) is 0.219. The number of amides is 1. The van der Waals surface area contributed by atoms with E-state index in [1.807, 2.05) is 0 Å². The Bertz CT molecular complexity index is 592. The first-order chi connectivity index (χ1) is 8.18. The van der Waals surface area contributed by atoms with Crippen molar-refractivity contribution in [3.8, 4) is 11.5 Å². The summed E-state index contributed by atoms with van der Waals surface area (Å²) in [5, 5.41) is 19.7. The number of rotatable bonds is 3. The van der Waals surface area contributed by atoms with Crippen molar-refractivity contribution in [1.82, 2.24) is 10.4 Å². The van der Waals surface area contributed by atoms with Gasteiger partial charge in [-0.3, -0.25) is 14.4 Å². The van der Waals surface area contributed by atoms with Gasteiger partial charge in [-0.1, -0.05) is 0 Å². The van der Waals surface area contributed by atoms with E-state index in [2.05, 4.69) is 5.43 Å². The molecule has 0 heterocycles. The third-order valence-electron chi connectivity index (χ3n) is 2.22. The minimum absolute atomic E-state index is 0. The summed E-state index contributed by atoms with van der Waals surface area (Å²) in [6, 6.07) is 1.65. The Morgan fingerprint density at radius 2 is 1.75 bits per heavy atom.